The van der Waals surface area contributed by atoms with E-state index in [0.29, 0.717) is 17.2 Å². The van der Waals surface area contributed by atoms with Crippen LogP contribution in [0, 0.1) is 17.2 Å². The molecule has 0 aliphatic carbocycles. The summed E-state index contributed by atoms with van der Waals surface area (Å²) in [7, 11) is 0. The van der Waals surface area contributed by atoms with Crippen molar-refractivity contribution in [1.29, 1.82) is 5.26 Å². The predicted octanol–water partition coefficient (Wildman–Crippen LogP) is 3.41. The summed E-state index contributed by atoms with van der Waals surface area (Å²) in [5.74, 6) is 0.299. The fourth-order valence-electron chi connectivity index (χ4n) is 3.03. The number of nitrogens with two attached hydrogens (primary N) is 1. The van der Waals surface area contributed by atoms with Crippen LogP contribution in [-0.4, -0.2) is 11.9 Å². The normalized spacial score (nSPS) is 13.1. The monoisotopic (exact) mass is 350 g/mol. The number of nitrogens with one attached hydrogen (secondary N) is 1. The molecule has 2 aromatic rings. The summed E-state index contributed by atoms with van der Waals surface area (Å²) in [6.45, 7) is 8.39. The molecule has 4 heteroatoms. The number of anilines is 1. The van der Waals surface area contributed by atoms with Crippen molar-refractivity contribution in [1.82, 2.24) is 0 Å². The van der Waals surface area contributed by atoms with E-state index in [2.05, 4.69) is 61.7 Å². The molecule has 0 heterocycles. The Bertz CT molecular complexity index is 775. The Labute approximate surface area is 156 Å². The minimum Gasteiger partial charge on any atom is -0.330 e. The Morgan fingerprint density at radius 3 is 2.35 bits per heavy atom. The Balaban J connectivity index is 2.10. The molecule has 4 nitrogen and oxygen atoms in total. The molecule has 3 N–H and O–H groups in total. The molecule has 0 saturated heterocycles. The van der Waals surface area contributed by atoms with Crippen LogP contribution in [0.1, 0.15) is 50.4 Å². The van der Waals surface area contributed by atoms with Crippen molar-refractivity contribution in [2.24, 2.45) is 5.92 Å². The number of benzene rings is 2. The molecule has 0 unspecified atom stereocenters. The molecule has 0 bridgehead atoms. The lowest BCUT2D eigenvalue weighted by molar-refractivity contribution is -0.718. The van der Waals surface area contributed by atoms with Gasteiger partial charge in [-0.3, -0.25) is 4.79 Å². The van der Waals surface area contributed by atoms with Gasteiger partial charge in [-0.2, -0.15) is 5.26 Å². The van der Waals surface area contributed by atoms with Gasteiger partial charge in [0.25, 0.3) is 5.91 Å². The molecular formula is C22H28N3O+. The zero-order valence-corrected chi connectivity index (χ0v) is 16.0. The average molecular weight is 350 g/mol. The van der Waals surface area contributed by atoms with Crippen LogP contribution in [0.5, 0.6) is 0 Å². The van der Waals surface area contributed by atoms with Gasteiger partial charge in [-0.15, -0.1) is 0 Å². The summed E-state index contributed by atoms with van der Waals surface area (Å²) < 4.78 is 0. The van der Waals surface area contributed by atoms with Gasteiger partial charge < -0.3 is 10.6 Å². The minimum atomic E-state index is -0.264. The molecule has 0 spiro atoms. The number of carbonyl (C=O) groups is 1. The van der Waals surface area contributed by atoms with Gasteiger partial charge in [-0.05, 0) is 31.0 Å². The van der Waals surface area contributed by atoms with Gasteiger partial charge >= 0.3 is 0 Å². The van der Waals surface area contributed by atoms with E-state index in [4.69, 9.17) is 0 Å². The summed E-state index contributed by atoms with van der Waals surface area (Å²) in [5.41, 5.74) is 3.58. The summed E-state index contributed by atoms with van der Waals surface area (Å²) in [6.07, 6.45) is 1.02. The second-order valence-corrected chi connectivity index (χ2v) is 6.99. The first kappa shape index (κ1) is 19.7. The number of hydrogen-bond donors (Lipinski definition) is 2. The smallest absolute Gasteiger partial charge is 0.282 e. The zero-order valence-electron chi connectivity index (χ0n) is 16.0. The van der Waals surface area contributed by atoms with Gasteiger partial charge in [0, 0.05) is 11.5 Å². The second kappa shape index (κ2) is 9.17. The molecule has 26 heavy (non-hydrogen) atoms. The molecule has 0 radical (unpaired) electrons. The van der Waals surface area contributed by atoms with Crippen molar-refractivity contribution in [3.05, 3.63) is 65.2 Å². The minimum absolute atomic E-state index is 0.0940. The quantitative estimate of drug-likeness (QED) is 0.803. The van der Waals surface area contributed by atoms with Crippen molar-refractivity contribution in [3.63, 3.8) is 0 Å². The van der Waals surface area contributed by atoms with E-state index in [0.717, 1.165) is 6.42 Å². The van der Waals surface area contributed by atoms with Crippen molar-refractivity contribution in [3.8, 4) is 6.07 Å². The molecule has 0 fully saturated rings. The average Bonchev–Trinajstić information content (AvgIpc) is 2.66. The number of nitrogens with zero attached hydrogens (tertiary/aromatic N) is 1. The number of quaternary nitrogens is 1. The molecule has 0 aliphatic heterocycles. The van der Waals surface area contributed by atoms with Crippen molar-refractivity contribution in [2.75, 3.05) is 5.32 Å². The van der Waals surface area contributed by atoms with Crippen LogP contribution < -0.4 is 10.6 Å². The summed E-state index contributed by atoms with van der Waals surface area (Å²) in [5, 5.41) is 14.2. The van der Waals surface area contributed by atoms with E-state index in [1.54, 1.807) is 18.2 Å². The second-order valence-electron chi connectivity index (χ2n) is 6.99. The molecule has 2 rings (SSSR count). The first-order valence-electron chi connectivity index (χ1n) is 9.20. The Morgan fingerprint density at radius 2 is 1.77 bits per heavy atom. The van der Waals surface area contributed by atoms with Crippen LogP contribution in [0.15, 0.2) is 48.5 Å². The van der Waals surface area contributed by atoms with E-state index < -0.39 is 0 Å². The number of rotatable bonds is 7. The highest BCUT2D eigenvalue weighted by atomic mass is 16.2. The number of para-hydroxylation sites is 1. The van der Waals surface area contributed by atoms with Crippen molar-refractivity contribution in [2.45, 2.75) is 46.2 Å². The number of amides is 1. The standard InChI is InChI=1S/C22H27N3O/c1-5-17-10-12-18(13-11-17)21(15(2)3)24-16(4)22(26)25-20-9-7-6-8-19(20)14-23/h6-13,15-16,21,24H,5H2,1-4H3,(H,25,26)/p+1/t16-,21+/m0/s1. The van der Waals surface area contributed by atoms with Crippen molar-refractivity contribution < 1.29 is 10.1 Å². The van der Waals surface area contributed by atoms with Crippen LogP contribution in [0.2, 0.25) is 0 Å². The Kier molecular flexibility index (Phi) is 6.94. The maximum atomic E-state index is 12.6. The van der Waals surface area contributed by atoms with Crippen LogP contribution >= 0.6 is 0 Å². The van der Waals surface area contributed by atoms with Gasteiger partial charge in [0.1, 0.15) is 12.1 Å². The van der Waals surface area contributed by atoms with Gasteiger partial charge in [-0.1, -0.05) is 57.2 Å². The van der Waals surface area contributed by atoms with Crippen LogP contribution in [0.25, 0.3) is 0 Å². The van der Waals surface area contributed by atoms with E-state index in [1.165, 1.54) is 11.1 Å². The molecule has 1 amide bonds. The molecular weight excluding hydrogens is 322 g/mol. The van der Waals surface area contributed by atoms with Crippen LogP contribution in [-0.2, 0) is 11.2 Å². The number of aryl methyl sites for hydroxylation is 1. The molecule has 0 aromatic heterocycles. The third kappa shape index (κ3) is 4.93. The highest BCUT2D eigenvalue weighted by Gasteiger charge is 2.26. The molecule has 2 atom stereocenters. The van der Waals surface area contributed by atoms with Gasteiger partial charge in [-0.25, -0.2) is 0 Å². The molecule has 136 valence electrons. The lowest BCUT2D eigenvalue weighted by Crippen LogP contribution is -2.93. The number of hydrogen-bond acceptors (Lipinski definition) is 2. The van der Waals surface area contributed by atoms with Crippen LogP contribution in [0.3, 0.4) is 0 Å². The third-order valence-corrected chi connectivity index (χ3v) is 4.71. The van der Waals surface area contributed by atoms with Crippen LogP contribution in [0.4, 0.5) is 5.69 Å². The predicted molar refractivity (Wildman–Crippen MR) is 105 cm³/mol. The largest absolute Gasteiger partial charge is 0.330 e. The van der Waals surface area contributed by atoms with Gasteiger partial charge in [0.15, 0.2) is 6.04 Å². The maximum absolute atomic E-state index is 12.6. The molecule has 0 aliphatic rings. The first-order valence-corrected chi connectivity index (χ1v) is 9.20. The lowest BCUT2D eigenvalue weighted by Gasteiger charge is -2.23. The summed E-state index contributed by atoms with van der Waals surface area (Å²) in [6, 6.07) is 17.8. The van der Waals surface area contributed by atoms with E-state index in [9.17, 15) is 10.1 Å². The SMILES string of the molecule is CCc1ccc([C@H]([NH2+][C@@H](C)C(=O)Nc2ccccc2C#N)C(C)C)cc1. The van der Waals surface area contributed by atoms with Crippen molar-refractivity contribution >= 4 is 11.6 Å². The Hall–Kier alpha value is -2.64. The lowest BCUT2D eigenvalue weighted by atomic mass is 9.94. The number of carbonyl (C=O) groups excluding carboxylic acids is 1. The van der Waals surface area contributed by atoms with Gasteiger partial charge in [0.05, 0.1) is 11.3 Å². The first-order chi connectivity index (χ1) is 12.5. The summed E-state index contributed by atoms with van der Waals surface area (Å²) >= 11 is 0. The third-order valence-electron chi connectivity index (χ3n) is 4.71. The van der Waals surface area contributed by atoms with E-state index >= 15 is 0 Å². The summed E-state index contributed by atoms with van der Waals surface area (Å²) in [4.78, 5) is 12.6. The van der Waals surface area contributed by atoms with Gasteiger partial charge in [0.2, 0.25) is 0 Å². The highest BCUT2D eigenvalue weighted by Crippen LogP contribution is 2.19. The zero-order chi connectivity index (χ0) is 19.1. The van der Waals surface area contributed by atoms with E-state index in [-0.39, 0.29) is 18.0 Å². The Morgan fingerprint density at radius 1 is 1.12 bits per heavy atom. The molecule has 2 aromatic carbocycles. The fraction of sp³-hybridized carbons (Fsp3) is 0.364. The molecule has 0 saturated carbocycles. The fourth-order valence-corrected chi connectivity index (χ4v) is 3.03. The number of nitriles is 1. The maximum Gasteiger partial charge on any atom is 0.282 e. The topological polar surface area (TPSA) is 69.5 Å². The van der Waals surface area contributed by atoms with E-state index in [1.807, 2.05) is 13.0 Å². The highest BCUT2D eigenvalue weighted by molar-refractivity contribution is 5.94.